The van der Waals surface area contributed by atoms with Crippen LogP contribution in [0.25, 0.3) is 0 Å². The van der Waals surface area contributed by atoms with Gasteiger partial charge in [-0.3, -0.25) is 4.79 Å². The third kappa shape index (κ3) is 3.03. The van der Waals surface area contributed by atoms with Crippen molar-refractivity contribution in [1.82, 2.24) is 9.78 Å². The molecule has 1 N–H and O–H groups in total. The lowest BCUT2D eigenvalue weighted by molar-refractivity contribution is 0.174. The highest BCUT2D eigenvalue weighted by Gasteiger charge is 2.35. The van der Waals surface area contributed by atoms with Crippen LogP contribution in [0.4, 0.5) is 5.69 Å². The topological polar surface area (TPSA) is 65.4 Å². The summed E-state index contributed by atoms with van der Waals surface area (Å²) in [6.45, 7) is 0.972. The quantitative estimate of drug-likeness (QED) is 0.886. The van der Waals surface area contributed by atoms with Crippen LogP contribution in [0.3, 0.4) is 0 Å². The van der Waals surface area contributed by atoms with Crippen LogP contribution in [0.2, 0.25) is 5.02 Å². The average molecular weight is 376 g/mol. The maximum atomic E-state index is 12.0. The number of benzene rings is 1. The number of aromatic nitrogens is 2. The van der Waals surface area contributed by atoms with Crippen LogP contribution in [0.5, 0.6) is 11.5 Å². The van der Waals surface area contributed by atoms with Crippen molar-refractivity contribution in [2.45, 2.75) is 37.5 Å². The van der Waals surface area contributed by atoms with Crippen LogP contribution in [0.15, 0.2) is 29.2 Å². The van der Waals surface area contributed by atoms with Crippen LogP contribution in [0.1, 0.15) is 37.7 Å². The zero-order valence-electron chi connectivity index (χ0n) is 14.8. The lowest BCUT2D eigenvalue weighted by Gasteiger charge is -2.38. The Balaban J connectivity index is 1.63. The average Bonchev–Trinajstić information content (AvgIpc) is 3.14. The van der Waals surface area contributed by atoms with E-state index in [9.17, 15) is 4.79 Å². The Morgan fingerprint density at radius 2 is 2.00 bits per heavy atom. The molecule has 0 bridgehead atoms. The first kappa shape index (κ1) is 17.2. The molecule has 1 aliphatic carbocycles. The van der Waals surface area contributed by atoms with Crippen molar-refractivity contribution in [3.05, 3.63) is 45.3 Å². The number of nitrogens with zero attached hydrogens (tertiary/aromatic N) is 2. The Morgan fingerprint density at radius 1 is 1.23 bits per heavy atom. The highest BCUT2D eigenvalue weighted by molar-refractivity contribution is 6.32. The molecule has 2 heterocycles. The first-order chi connectivity index (χ1) is 12.6. The molecule has 1 aromatic heterocycles. The van der Waals surface area contributed by atoms with E-state index >= 15 is 0 Å². The van der Waals surface area contributed by atoms with Crippen molar-refractivity contribution < 1.29 is 9.47 Å². The van der Waals surface area contributed by atoms with Gasteiger partial charge in [-0.15, -0.1) is 0 Å². The highest BCUT2D eigenvalue weighted by atomic mass is 35.5. The number of aryl methyl sites for hydroxylation is 1. The van der Waals surface area contributed by atoms with E-state index in [4.69, 9.17) is 21.1 Å². The molecule has 2 aromatic rings. The second-order valence-electron chi connectivity index (χ2n) is 7.06. The van der Waals surface area contributed by atoms with Gasteiger partial charge in [0, 0.05) is 19.0 Å². The number of rotatable bonds is 4. The van der Waals surface area contributed by atoms with E-state index in [1.54, 1.807) is 13.2 Å². The molecule has 0 atom stereocenters. The zero-order valence-corrected chi connectivity index (χ0v) is 15.5. The van der Waals surface area contributed by atoms with Crippen LogP contribution in [-0.4, -0.2) is 23.1 Å². The van der Waals surface area contributed by atoms with Crippen LogP contribution in [-0.2, 0) is 12.5 Å². The first-order valence-corrected chi connectivity index (χ1v) is 9.33. The van der Waals surface area contributed by atoms with Crippen molar-refractivity contribution >= 4 is 17.3 Å². The number of ether oxygens (including phenoxy) is 2. The van der Waals surface area contributed by atoms with E-state index in [1.165, 1.54) is 29.5 Å². The van der Waals surface area contributed by atoms with E-state index in [-0.39, 0.29) is 22.8 Å². The Morgan fingerprint density at radius 3 is 2.81 bits per heavy atom. The van der Waals surface area contributed by atoms with Gasteiger partial charge in [-0.2, -0.15) is 5.10 Å². The van der Waals surface area contributed by atoms with Gasteiger partial charge in [-0.05, 0) is 30.5 Å². The van der Waals surface area contributed by atoms with Crippen molar-refractivity contribution in [3.63, 3.8) is 0 Å². The Hall–Kier alpha value is -2.21. The molecule has 26 heavy (non-hydrogen) atoms. The molecule has 0 saturated heterocycles. The summed E-state index contributed by atoms with van der Waals surface area (Å²) < 4.78 is 12.2. The minimum absolute atomic E-state index is 0.0242. The molecule has 2 aliphatic rings. The van der Waals surface area contributed by atoms with Gasteiger partial charge in [0.25, 0.3) is 5.56 Å². The lowest BCUT2D eigenvalue weighted by Crippen LogP contribution is -2.37. The molecule has 7 heteroatoms. The van der Waals surface area contributed by atoms with Crippen molar-refractivity contribution in [1.29, 1.82) is 0 Å². The smallest absolute Gasteiger partial charge is 0.287 e. The molecule has 6 nitrogen and oxygen atoms in total. The summed E-state index contributed by atoms with van der Waals surface area (Å²) in [5.41, 5.74) is 1.50. The largest absolute Gasteiger partial charge is 0.454 e. The van der Waals surface area contributed by atoms with Gasteiger partial charge in [0.15, 0.2) is 11.5 Å². The first-order valence-electron chi connectivity index (χ1n) is 8.95. The number of fused-ring (bicyclic) bond motifs is 1. The second kappa shape index (κ2) is 6.83. The van der Waals surface area contributed by atoms with Crippen molar-refractivity contribution in [2.24, 2.45) is 7.05 Å². The van der Waals surface area contributed by atoms with Crippen LogP contribution in [0, 0.1) is 0 Å². The van der Waals surface area contributed by atoms with E-state index in [2.05, 4.69) is 22.5 Å². The summed E-state index contributed by atoms with van der Waals surface area (Å²) in [7, 11) is 1.59. The summed E-state index contributed by atoms with van der Waals surface area (Å²) in [4.78, 5) is 12.0. The summed E-state index contributed by atoms with van der Waals surface area (Å²) in [6.07, 6.45) is 7.38. The number of hydrogen-bond donors (Lipinski definition) is 1. The molecule has 1 saturated carbocycles. The number of halogens is 1. The molecular weight excluding hydrogens is 354 g/mol. The van der Waals surface area contributed by atoms with Gasteiger partial charge in [0.1, 0.15) is 5.02 Å². The molecule has 138 valence electrons. The van der Waals surface area contributed by atoms with Gasteiger partial charge in [0.05, 0.1) is 11.9 Å². The third-order valence-electron chi connectivity index (χ3n) is 5.49. The molecule has 0 amide bonds. The lowest BCUT2D eigenvalue weighted by atomic mass is 9.69. The molecule has 0 spiro atoms. The molecule has 0 unspecified atom stereocenters. The summed E-state index contributed by atoms with van der Waals surface area (Å²) in [5.74, 6) is 1.60. The van der Waals surface area contributed by atoms with Gasteiger partial charge < -0.3 is 14.8 Å². The standard InChI is InChI=1S/C19H22ClN3O3/c1-23-18(24)17(20)14(10-22-23)21-11-19(7-3-2-4-8-19)13-5-6-15-16(9-13)26-12-25-15/h5-6,9-10,21H,2-4,7-8,11-12H2,1H3. The molecule has 0 radical (unpaired) electrons. The molecule has 1 aromatic carbocycles. The summed E-state index contributed by atoms with van der Waals surface area (Å²) >= 11 is 6.21. The Kier molecular flexibility index (Phi) is 4.53. The van der Waals surface area contributed by atoms with E-state index < -0.39 is 0 Å². The second-order valence-corrected chi connectivity index (χ2v) is 7.44. The predicted octanol–water partition coefficient (Wildman–Crippen LogP) is 3.48. The fraction of sp³-hybridized carbons (Fsp3) is 0.474. The van der Waals surface area contributed by atoms with Gasteiger partial charge in [-0.25, -0.2) is 4.68 Å². The summed E-state index contributed by atoms with van der Waals surface area (Å²) in [5, 5.41) is 7.62. The minimum Gasteiger partial charge on any atom is -0.454 e. The minimum atomic E-state index is -0.294. The maximum Gasteiger partial charge on any atom is 0.287 e. The van der Waals surface area contributed by atoms with Crippen LogP contribution < -0.4 is 20.3 Å². The highest BCUT2D eigenvalue weighted by Crippen LogP contribution is 2.43. The molecular formula is C19H22ClN3O3. The Bertz CT molecular complexity index is 875. The van der Waals surface area contributed by atoms with Gasteiger partial charge >= 0.3 is 0 Å². The molecule has 4 rings (SSSR count). The van der Waals surface area contributed by atoms with Crippen LogP contribution >= 0.6 is 11.6 Å². The number of hydrogen-bond acceptors (Lipinski definition) is 5. The number of anilines is 1. The maximum absolute atomic E-state index is 12.0. The fourth-order valence-electron chi connectivity index (χ4n) is 3.92. The Labute approximate surface area is 157 Å². The van der Waals surface area contributed by atoms with Crippen molar-refractivity contribution in [3.8, 4) is 11.5 Å². The zero-order chi connectivity index (χ0) is 18.1. The predicted molar refractivity (Wildman–Crippen MR) is 100 cm³/mol. The van der Waals surface area contributed by atoms with E-state index in [1.807, 2.05) is 6.07 Å². The van der Waals surface area contributed by atoms with Gasteiger partial charge in [-0.1, -0.05) is 36.9 Å². The number of nitrogens with one attached hydrogen (secondary N) is 1. The molecule has 1 fully saturated rings. The van der Waals surface area contributed by atoms with E-state index in [0.29, 0.717) is 12.2 Å². The normalized spacial score (nSPS) is 17.9. The molecule has 1 aliphatic heterocycles. The summed E-state index contributed by atoms with van der Waals surface area (Å²) in [6, 6.07) is 6.21. The van der Waals surface area contributed by atoms with E-state index in [0.717, 1.165) is 24.3 Å². The fourth-order valence-corrected chi connectivity index (χ4v) is 4.16. The van der Waals surface area contributed by atoms with Crippen molar-refractivity contribution in [2.75, 3.05) is 18.7 Å². The monoisotopic (exact) mass is 375 g/mol. The third-order valence-corrected chi connectivity index (χ3v) is 5.86. The van der Waals surface area contributed by atoms with Gasteiger partial charge in [0.2, 0.25) is 6.79 Å². The SMILES string of the molecule is Cn1ncc(NCC2(c3ccc4c(c3)OCO4)CCCCC2)c(Cl)c1=O.